The fourth-order valence-electron chi connectivity index (χ4n) is 3.87. The molecular weight excluding hydrogens is 252 g/mol. The second kappa shape index (κ2) is 5.74. The number of aliphatic hydroxyl groups is 1. The summed E-state index contributed by atoms with van der Waals surface area (Å²) in [5.41, 5.74) is 0.960. The Balaban J connectivity index is 1.77. The monoisotopic (exact) mass is 276 g/mol. The first kappa shape index (κ1) is 13.9. The van der Waals surface area contributed by atoms with Gasteiger partial charge >= 0.3 is 0 Å². The first-order chi connectivity index (χ1) is 9.74. The van der Waals surface area contributed by atoms with Crippen LogP contribution >= 0.6 is 0 Å². The Labute approximate surface area is 120 Å². The van der Waals surface area contributed by atoms with E-state index in [1.54, 1.807) is 7.11 Å². The summed E-state index contributed by atoms with van der Waals surface area (Å²) in [6, 6.07) is 7.80. The van der Waals surface area contributed by atoms with Gasteiger partial charge in [0, 0.05) is 12.2 Å². The molecular formula is C17H24O3. The SMILES string of the molecule is COc1ccccc1C(O)C1CCOC2(CCCC2)C1. The van der Waals surface area contributed by atoms with Crippen molar-refractivity contribution in [3.8, 4) is 5.75 Å². The van der Waals surface area contributed by atoms with Crippen molar-refractivity contribution in [1.82, 2.24) is 0 Å². The van der Waals surface area contributed by atoms with Gasteiger partial charge in [0.2, 0.25) is 0 Å². The van der Waals surface area contributed by atoms with Crippen molar-refractivity contribution < 1.29 is 14.6 Å². The van der Waals surface area contributed by atoms with Crippen molar-refractivity contribution in [3.05, 3.63) is 29.8 Å². The van der Waals surface area contributed by atoms with Crippen molar-refractivity contribution in [2.24, 2.45) is 5.92 Å². The molecule has 0 radical (unpaired) electrons. The van der Waals surface area contributed by atoms with Crippen LogP contribution in [0.3, 0.4) is 0 Å². The van der Waals surface area contributed by atoms with E-state index in [1.807, 2.05) is 24.3 Å². The number of hydrogen-bond donors (Lipinski definition) is 1. The van der Waals surface area contributed by atoms with Gasteiger partial charge in [0.05, 0.1) is 18.8 Å². The fourth-order valence-corrected chi connectivity index (χ4v) is 3.87. The summed E-state index contributed by atoms with van der Waals surface area (Å²) >= 11 is 0. The van der Waals surface area contributed by atoms with Gasteiger partial charge in [-0.3, -0.25) is 0 Å². The highest BCUT2D eigenvalue weighted by Crippen LogP contribution is 2.46. The number of ether oxygens (including phenoxy) is 2. The van der Waals surface area contributed by atoms with Crippen LogP contribution in [0.4, 0.5) is 0 Å². The summed E-state index contributed by atoms with van der Waals surface area (Å²) < 4.78 is 11.4. The molecule has 1 saturated carbocycles. The van der Waals surface area contributed by atoms with Gasteiger partial charge in [0.1, 0.15) is 5.75 Å². The Bertz CT molecular complexity index is 451. The Morgan fingerprint density at radius 2 is 2.05 bits per heavy atom. The molecule has 0 bridgehead atoms. The first-order valence-electron chi connectivity index (χ1n) is 7.69. The molecule has 1 aliphatic carbocycles. The Hall–Kier alpha value is -1.06. The van der Waals surface area contributed by atoms with E-state index < -0.39 is 6.10 Å². The molecule has 0 amide bonds. The predicted octanol–water partition coefficient (Wildman–Crippen LogP) is 3.47. The van der Waals surface area contributed by atoms with Gasteiger partial charge in [0.25, 0.3) is 0 Å². The number of aliphatic hydroxyl groups excluding tert-OH is 1. The molecule has 1 aliphatic heterocycles. The molecule has 1 aromatic rings. The third-order valence-electron chi connectivity index (χ3n) is 4.95. The minimum Gasteiger partial charge on any atom is -0.496 e. The van der Waals surface area contributed by atoms with Crippen LogP contribution in [-0.4, -0.2) is 24.4 Å². The minimum absolute atomic E-state index is 0.0475. The van der Waals surface area contributed by atoms with Crippen molar-refractivity contribution in [1.29, 1.82) is 0 Å². The van der Waals surface area contributed by atoms with Gasteiger partial charge in [0.15, 0.2) is 0 Å². The number of para-hydroxylation sites is 1. The summed E-state index contributed by atoms with van der Waals surface area (Å²) in [5.74, 6) is 1.06. The Morgan fingerprint density at radius 3 is 2.80 bits per heavy atom. The molecule has 3 nitrogen and oxygen atoms in total. The van der Waals surface area contributed by atoms with Crippen LogP contribution in [0.5, 0.6) is 5.75 Å². The average Bonchev–Trinajstić information content (AvgIpc) is 2.94. The van der Waals surface area contributed by atoms with Crippen LogP contribution in [0.2, 0.25) is 0 Å². The second-order valence-corrected chi connectivity index (χ2v) is 6.18. The van der Waals surface area contributed by atoms with Crippen molar-refractivity contribution in [2.75, 3.05) is 13.7 Å². The van der Waals surface area contributed by atoms with E-state index in [0.29, 0.717) is 0 Å². The summed E-state index contributed by atoms with van der Waals surface area (Å²) in [6.45, 7) is 0.775. The van der Waals surface area contributed by atoms with Crippen LogP contribution in [0, 0.1) is 5.92 Å². The van der Waals surface area contributed by atoms with E-state index in [2.05, 4.69) is 0 Å². The van der Waals surface area contributed by atoms with E-state index in [-0.39, 0.29) is 11.5 Å². The molecule has 2 unspecified atom stereocenters. The molecule has 1 spiro atoms. The van der Waals surface area contributed by atoms with Crippen molar-refractivity contribution >= 4 is 0 Å². The lowest BCUT2D eigenvalue weighted by Gasteiger charge is -2.40. The van der Waals surface area contributed by atoms with Gasteiger partial charge in [-0.25, -0.2) is 0 Å². The van der Waals surface area contributed by atoms with Crippen LogP contribution in [0.15, 0.2) is 24.3 Å². The molecule has 1 heterocycles. The summed E-state index contributed by atoms with van der Waals surface area (Å²) in [5, 5.41) is 10.8. The fraction of sp³-hybridized carbons (Fsp3) is 0.647. The topological polar surface area (TPSA) is 38.7 Å². The summed E-state index contributed by atoms with van der Waals surface area (Å²) in [7, 11) is 1.66. The maximum atomic E-state index is 10.8. The number of rotatable bonds is 3. The highest BCUT2D eigenvalue weighted by molar-refractivity contribution is 5.35. The molecule has 0 aromatic heterocycles. The zero-order valence-corrected chi connectivity index (χ0v) is 12.2. The molecule has 1 saturated heterocycles. The van der Waals surface area contributed by atoms with E-state index in [1.165, 1.54) is 12.8 Å². The third-order valence-corrected chi connectivity index (χ3v) is 4.95. The number of hydrogen-bond acceptors (Lipinski definition) is 3. The molecule has 3 rings (SSSR count). The third kappa shape index (κ3) is 2.57. The van der Waals surface area contributed by atoms with E-state index >= 15 is 0 Å². The largest absolute Gasteiger partial charge is 0.496 e. The first-order valence-corrected chi connectivity index (χ1v) is 7.69. The van der Waals surface area contributed by atoms with E-state index in [4.69, 9.17) is 9.47 Å². The molecule has 2 aliphatic rings. The van der Waals surface area contributed by atoms with Gasteiger partial charge in [-0.15, -0.1) is 0 Å². The number of benzene rings is 1. The minimum atomic E-state index is -0.451. The summed E-state index contributed by atoms with van der Waals surface area (Å²) in [4.78, 5) is 0. The molecule has 2 atom stereocenters. The normalized spacial score (nSPS) is 26.6. The zero-order chi connectivity index (χ0) is 14.0. The van der Waals surface area contributed by atoms with Gasteiger partial charge < -0.3 is 14.6 Å². The molecule has 3 heteroatoms. The van der Waals surface area contributed by atoms with Gasteiger partial charge in [-0.2, -0.15) is 0 Å². The standard InChI is InChI=1S/C17H24O3/c1-19-15-7-3-2-6-14(15)16(18)13-8-11-20-17(12-13)9-4-5-10-17/h2-3,6-7,13,16,18H,4-5,8-12H2,1H3. The molecule has 2 fully saturated rings. The van der Waals surface area contributed by atoms with Crippen molar-refractivity contribution in [3.63, 3.8) is 0 Å². The van der Waals surface area contributed by atoms with E-state index in [0.717, 1.165) is 43.6 Å². The molecule has 20 heavy (non-hydrogen) atoms. The van der Waals surface area contributed by atoms with Crippen molar-refractivity contribution in [2.45, 2.75) is 50.2 Å². The lowest BCUT2D eigenvalue weighted by Crippen LogP contribution is -2.39. The quantitative estimate of drug-likeness (QED) is 0.918. The summed E-state index contributed by atoms with van der Waals surface area (Å²) in [6.07, 6.45) is 6.29. The highest BCUT2D eigenvalue weighted by Gasteiger charge is 2.42. The maximum absolute atomic E-state index is 10.8. The van der Waals surface area contributed by atoms with Gasteiger partial charge in [-0.1, -0.05) is 31.0 Å². The van der Waals surface area contributed by atoms with Gasteiger partial charge in [-0.05, 0) is 37.7 Å². The smallest absolute Gasteiger partial charge is 0.124 e. The molecule has 1 aromatic carbocycles. The number of methoxy groups -OCH3 is 1. The molecule has 1 N–H and O–H groups in total. The maximum Gasteiger partial charge on any atom is 0.124 e. The van der Waals surface area contributed by atoms with Crippen LogP contribution in [0.25, 0.3) is 0 Å². The lowest BCUT2D eigenvalue weighted by atomic mass is 9.79. The Morgan fingerprint density at radius 1 is 1.30 bits per heavy atom. The predicted molar refractivity (Wildman–Crippen MR) is 77.8 cm³/mol. The Kier molecular flexibility index (Phi) is 3.99. The zero-order valence-electron chi connectivity index (χ0n) is 12.2. The van der Waals surface area contributed by atoms with Crippen LogP contribution < -0.4 is 4.74 Å². The van der Waals surface area contributed by atoms with Crippen LogP contribution in [0.1, 0.15) is 50.2 Å². The molecule has 110 valence electrons. The highest BCUT2D eigenvalue weighted by atomic mass is 16.5. The van der Waals surface area contributed by atoms with E-state index in [9.17, 15) is 5.11 Å². The second-order valence-electron chi connectivity index (χ2n) is 6.18. The van der Waals surface area contributed by atoms with Crippen LogP contribution in [-0.2, 0) is 4.74 Å². The lowest BCUT2D eigenvalue weighted by molar-refractivity contribution is -0.113. The average molecular weight is 276 g/mol.